The third kappa shape index (κ3) is 3.09. The Morgan fingerprint density at radius 1 is 1.35 bits per heavy atom. The highest BCUT2D eigenvalue weighted by Gasteiger charge is 2.13. The molecule has 1 amide bonds. The lowest BCUT2D eigenvalue weighted by atomic mass is 10.2. The SMILES string of the molecule is CCOC(=O)c1ccc(CNC(=O)c2cc[nH]c2C)o1. The van der Waals surface area contributed by atoms with Crippen LogP contribution in [0.2, 0.25) is 0 Å². The number of amides is 1. The number of aryl methyl sites for hydroxylation is 1. The number of hydrogen-bond acceptors (Lipinski definition) is 4. The minimum atomic E-state index is -0.508. The van der Waals surface area contributed by atoms with Gasteiger partial charge in [0.25, 0.3) is 5.91 Å². The lowest BCUT2D eigenvalue weighted by Crippen LogP contribution is -2.22. The van der Waals surface area contributed by atoms with Crippen LogP contribution in [0, 0.1) is 6.92 Å². The number of carbonyl (C=O) groups is 2. The minimum absolute atomic E-state index is 0.133. The summed E-state index contributed by atoms with van der Waals surface area (Å²) in [7, 11) is 0. The molecule has 106 valence electrons. The molecule has 0 bridgehead atoms. The summed E-state index contributed by atoms with van der Waals surface area (Å²) in [4.78, 5) is 26.2. The van der Waals surface area contributed by atoms with Crippen molar-refractivity contribution in [1.29, 1.82) is 0 Å². The highest BCUT2D eigenvalue weighted by Crippen LogP contribution is 2.10. The molecule has 0 saturated carbocycles. The number of ether oxygens (including phenoxy) is 1. The van der Waals surface area contributed by atoms with E-state index in [9.17, 15) is 9.59 Å². The van der Waals surface area contributed by atoms with Crippen LogP contribution in [-0.2, 0) is 11.3 Å². The van der Waals surface area contributed by atoms with E-state index >= 15 is 0 Å². The molecule has 0 fully saturated rings. The fourth-order valence-electron chi connectivity index (χ4n) is 1.75. The first-order valence-corrected chi connectivity index (χ1v) is 6.29. The van der Waals surface area contributed by atoms with Gasteiger partial charge in [0.1, 0.15) is 5.76 Å². The number of hydrogen-bond donors (Lipinski definition) is 2. The average molecular weight is 276 g/mol. The third-order valence-corrected chi connectivity index (χ3v) is 2.76. The number of rotatable bonds is 5. The molecule has 2 aromatic heterocycles. The van der Waals surface area contributed by atoms with Crippen molar-refractivity contribution < 1.29 is 18.7 Å². The van der Waals surface area contributed by atoms with Gasteiger partial charge in [0.05, 0.1) is 18.7 Å². The quantitative estimate of drug-likeness (QED) is 0.818. The number of H-pyrrole nitrogens is 1. The second-order valence-corrected chi connectivity index (χ2v) is 4.19. The number of furan rings is 1. The van der Waals surface area contributed by atoms with Crippen LogP contribution in [0.15, 0.2) is 28.8 Å². The minimum Gasteiger partial charge on any atom is -0.460 e. The number of carbonyl (C=O) groups excluding carboxylic acids is 2. The van der Waals surface area contributed by atoms with Gasteiger partial charge in [0.15, 0.2) is 0 Å². The van der Waals surface area contributed by atoms with E-state index in [0.717, 1.165) is 5.69 Å². The topological polar surface area (TPSA) is 84.3 Å². The summed E-state index contributed by atoms with van der Waals surface area (Å²) in [6, 6.07) is 4.87. The van der Waals surface area contributed by atoms with Gasteiger partial charge in [0, 0.05) is 11.9 Å². The molecule has 0 aromatic carbocycles. The molecule has 2 N–H and O–H groups in total. The fraction of sp³-hybridized carbons (Fsp3) is 0.286. The summed E-state index contributed by atoms with van der Waals surface area (Å²) in [5, 5.41) is 2.72. The number of esters is 1. The first-order valence-electron chi connectivity index (χ1n) is 6.29. The maximum Gasteiger partial charge on any atom is 0.374 e. The van der Waals surface area contributed by atoms with E-state index in [1.165, 1.54) is 6.07 Å². The number of nitrogens with one attached hydrogen (secondary N) is 2. The standard InChI is InChI=1S/C14H16N2O4/c1-3-19-14(18)12-5-4-10(20-12)8-16-13(17)11-6-7-15-9(11)2/h4-7,15H,3,8H2,1-2H3,(H,16,17). The van der Waals surface area contributed by atoms with Gasteiger partial charge >= 0.3 is 5.97 Å². The zero-order chi connectivity index (χ0) is 14.5. The molecular formula is C14H16N2O4. The zero-order valence-corrected chi connectivity index (χ0v) is 11.4. The molecule has 0 aliphatic rings. The van der Waals surface area contributed by atoms with Crippen LogP contribution in [0.4, 0.5) is 0 Å². The molecule has 6 heteroatoms. The predicted molar refractivity (Wildman–Crippen MR) is 71.4 cm³/mol. The van der Waals surface area contributed by atoms with Gasteiger partial charge < -0.3 is 19.5 Å². The van der Waals surface area contributed by atoms with E-state index in [4.69, 9.17) is 9.15 Å². The molecule has 0 unspecified atom stereocenters. The van der Waals surface area contributed by atoms with Gasteiger partial charge in [-0.3, -0.25) is 4.79 Å². The molecule has 2 heterocycles. The van der Waals surface area contributed by atoms with Crippen molar-refractivity contribution in [1.82, 2.24) is 10.3 Å². The Morgan fingerprint density at radius 3 is 2.80 bits per heavy atom. The molecule has 20 heavy (non-hydrogen) atoms. The summed E-state index contributed by atoms with van der Waals surface area (Å²) in [5.74, 6) is -0.0760. The van der Waals surface area contributed by atoms with Crippen molar-refractivity contribution >= 4 is 11.9 Å². The van der Waals surface area contributed by atoms with E-state index in [0.29, 0.717) is 17.9 Å². The largest absolute Gasteiger partial charge is 0.460 e. The molecule has 2 rings (SSSR count). The predicted octanol–water partition coefficient (Wildman–Crippen LogP) is 2.02. The zero-order valence-electron chi connectivity index (χ0n) is 11.4. The van der Waals surface area contributed by atoms with Crippen molar-refractivity contribution in [3.63, 3.8) is 0 Å². The highest BCUT2D eigenvalue weighted by atomic mass is 16.5. The van der Waals surface area contributed by atoms with Crippen LogP contribution in [0.1, 0.15) is 39.3 Å². The summed E-state index contributed by atoms with van der Waals surface area (Å²) in [6.45, 7) is 4.04. The first kappa shape index (κ1) is 13.9. The van der Waals surface area contributed by atoms with Crippen molar-refractivity contribution in [2.24, 2.45) is 0 Å². The van der Waals surface area contributed by atoms with Crippen molar-refractivity contribution in [3.05, 3.63) is 47.2 Å². The van der Waals surface area contributed by atoms with E-state index in [1.54, 1.807) is 25.3 Å². The fourth-order valence-corrected chi connectivity index (χ4v) is 1.75. The molecule has 0 radical (unpaired) electrons. The molecule has 6 nitrogen and oxygen atoms in total. The van der Waals surface area contributed by atoms with Crippen molar-refractivity contribution in [2.45, 2.75) is 20.4 Å². The van der Waals surface area contributed by atoms with Crippen molar-refractivity contribution in [2.75, 3.05) is 6.61 Å². The van der Waals surface area contributed by atoms with Gasteiger partial charge in [-0.1, -0.05) is 0 Å². The molecule has 2 aromatic rings. The molecule has 0 saturated heterocycles. The lowest BCUT2D eigenvalue weighted by Gasteiger charge is -2.02. The Labute approximate surface area is 116 Å². The van der Waals surface area contributed by atoms with Crippen LogP contribution < -0.4 is 5.32 Å². The van der Waals surface area contributed by atoms with Gasteiger partial charge in [0.2, 0.25) is 5.76 Å². The Bertz CT molecular complexity index is 612. The Morgan fingerprint density at radius 2 is 2.15 bits per heavy atom. The molecule has 0 atom stereocenters. The molecular weight excluding hydrogens is 260 g/mol. The van der Waals surface area contributed by atoms with Crippen molar-refractivity contribution in [3.8, 4) is 0 Å². The smallest absolute Gasteiger partial charge is 0.374 e. The van der Waals surface area contributed by atoms with E-state index in [2.05, 4.69) is 10.3 Å². The Hall–Kier alpha value is -2.50. The van der Waals surface area contributed by atoms with Crippen LogP contribution in [0.25, 0.3) is 0 Å². The maximum atomic E-state index is 11.9. The average Bonchev–Trinajstić information content (AvgIpc) is 3.05. The molecule has 0 spiro atoms. The normalized spacial score (nSPS) is 10.3. The van der Waals surface area contributed by atoms with Gasteiger partial charge in [-0.15, -0.1) is 0 Å². The van der Waals surface area contributed by atoms with Gasteiger partial charge in [-0.05, 0) is 32.0 Å². The Kier molecular flexibility index (Phi) is 4.24. The van der Waals surface area contributed by atoms with Crippen LogP contribution >= 0.6 is 0 Å². The molecule has 0 aliphatic heterocycles. The summed E-state index contributed by atoms with van der Waals surface area (Å²) in [6.07, 6.45) is 1.70. The molecule has 0 aliphatic carbocycles. The summed E-state index contributed by atoms with van der Waals surface area (Å²) in [5.41, 5.74) is 1.39. The van der Waals surface area contributed by atoms with Crippen LogP contribution in [0.3, 0.4) is 0 Å². The maximum absolute atomic E-state index is 11.9. The second kappa shape index (κ2) is 6.10. The van der Waals surface area contributed by atoms with Crippen LogP contribution in [0.5, 0.6) is 0 Å². The van der Waals surface area contributed by atoms with E-state index in [1.807, 2.05) is 6.92 Å². The van der Waals surface area contributed by atoms with Crippen LogP contribution in [-0.4, -0.2) is 23.5 Å². The number of aromatic nitrogens is 1. The number of aromatic amines is 1. The van der Waals surface area contributed by atoms with E-state index in [-0.39, 0.29) is 18.2 Å². The lowest BCUT2D eigenvalue weighted by molar-refractivity contribution is 0.0488. The van der Waals surface area contributed by atoms with Gasteiger partial charge in [-0.25, -0.2) is 4.79 Å². The Balaban J connectivity index is 1.93. The van der Waals surface area contributed by atoms with E-state index < -0.39 is 5.97 Å². The summed E-state index contributed by atoms with van der Waals surface area (Å²) < 4.78 is 10.1. The summed E-state index contributed by atoms with van der Waals surface area (Å²) >= 11 is 0. The van der Waals surface area contributed by atoms with Gasteiger partial charge in [-0.2, -0.15) is 0 Å². The first-order chi connectivity index (χ1) is 9.61. The third-order valence-electron chi connectivity index (χ3n) is 2.76. The monoisotopic (exact) mass is 276 g/mol. The second-order valence-electron chi connectivity index (χ2n) is 4.19. The highest BCUT2D eigenvalue weighted by molar-refractivity contribution is 5.95.